The van der Waals surface area contributed by atoms with E-state index in [2.05, 4.69) is 0 Å². The van der Waals surface area contributed by atoms with Crippen LogP contribution in [0.5, 0.6) is 0 Å². The van der Waals surface area contributed by atoms with Crippen molar-refractivity contribution in [1.29, 1.82) is 0 Å². The van der Waals surface area contributed by atoms with E-state index in [0.29, 0.717) is 0 Å². The Labute approximate surface area is 144 Å². The van der Waals surface area contributed by atoms with E-state index in [-0.39, 0.29) is 20.6 Å². The molecule has 2 rings (SSSR count). The number of hydrogen-bond donors (Lipinski definition) is 1. The number of carboxylic acids is 1. The van der Waals surface area contributed by atoms with E-state index >= 15 is 0 Å². The van der Waals surface area contributed by atoms with Gasteiger partial charge in [-0.15, -0.1) is 0 Å². The van der Waals surface area contributed by atoms with E-state index in [4.69, 9.17) is 28.3 Å². The van der Waals surface area contributed by atoms with Crippen molar-refractivity contribution in [3.63, 3.8) is 0 Å². The standard InChI is InChI=1S/C15H13Cl2NO4S/c1-10-2-5-12(6-3-10)23(21,22)18(9-15(19)20)11-4-7-13(16)14(17)8-11/h2-8H,9H2,1H3,(H,19,20). The summed E-state index contributed by atoms with van der Waals surface area (Å²) in [6.45, 7) is 1.10. The lowest BCUT2D eigenvalue weighted by molar-refractivity contribution is -0.135. The van der Waals surface area contributed by atoms with Gasteiger partial charge >= 0.3 is 5.97 Å². The number of halogens is 2. The maximum atomic E-state index is 12.8. The Kier molecular flexibility index (Phi) is 5.19. The van der Waals surface area contributed by atoms with Crippen LogP contribution in [0.15, 0.2) is 47.4 Å². The predicted molar refractivity (Wildman–Crippen MR) is 89.8 cm³/mol. The van der Waals surface area contributed by atoms with Gasteiger partial charge in [-0.25, -0.2) is 8.42 Å². The quantitative estimate of drug-likeness (QED) is 0.868. The van der Waals surface area contributed by atoms with Crippen LogP contribution in [0.25, 0.3) is 0 Å². The third-order valence-corrected chi connectivity index (χ3v) is 5.61. The smallest absolute Gasteiger partial charge is 0.324 e. The third kappa shape index (κ3) is 3.96. The average Bonchev–Trinajstić information content (AvgIpc) is 2.48. The van der Waals surface area contributed by atoms with Crippen molar-refractivity contribution in [3.8, 4) is 0 Å². The molecule has 0 atom stereocenters. The first-order chi connectivity index (χ1) is 10.7. The highest BCUT2D eigenvalue weighted by Crippen LogP contribution is 2.30. The molecule has 8 heteroatoms. The van der Waals surface area contributed by atoms with Crippen LogP contribution in [0.2, 0.25) is 10.0 Å². The van der Waals surface area contributed by atoms with Gasteiger partial charge in [-0.05, 0) is 37.3 Å². The summed E-state index contributed by atoms with van der Waals surface area (Å²) < 4.78 is 26.3. The maximum Gasteiger partial charge on any atom is 0.324 e. The lowest BCUT2D eigenvalue weighted by Crippen LogP contribution is -2.35. The topological polar surface area (TPSA) is 74.7 Å². The number of nitrogens with zero attached hydrogens (tertiary/aromatic N) is 1. The Balaban J connectivity index is 2.55. The summed E-state index contributed by atoms with van der Waals surface area (Å²) in [6, 6.07) is 10.3. The second-order valence-electron chi connectivity index (χ2n) is 4.82. The van der Waals surface area contributed by atoms with Crippen molar-refractivity contribution >= 4 is 44.9 Å². The van der Waals surface area contributed by atoms with Gasteiger partial charge in [0, 0.05) is 0 Å². The molecule has 0 aliphatic heterocycles. The van der Waals surface area contributed by atoms with Crippen LogP contribution < -0.4 is 4.31 Å². The molecular weight excluding hydrogens is 361 g/mol. The maximum absolute atomic E-state index is 12.8. The second-order valence-corrected chi connectivity index (χ2v) is 7.49. The molecule has 0 saturated heterocycles. The van der Waals surface area contributed by atoms with E-state index < -0.39 is 22.5 Å². The Hall–Kier alpha value is -1.76. The highest BCUT2D eigenvalue weighted by Gasteiger charge is 2.27. The van der Waals surface area contributed by atoms with E-state index in [9.17, 15) is 13.2 Å². The predicted octanol–water partition coefficient (Wildman–Crippen LogP) is 3.58. The molecule has 0 spiro atoms. The van der Waals surface area contributed by atoms with Crippen LogP contribution in [0.3, 0.4) is 0 Å². The molecule has 2 aromatic rings. The van der Waals surface area contributed by atoms with Crippen LogP contribution >= 0.6 is 23.2 Å². The fourth-order valence-corrected chi connectivity index (χ4v) is 3.61. The molecule has 0 saturated carbocycles. The molecular formula is C15H13Cl2NO4S. The van der Waals surface area contributed by atoms with Crippen molar-refractivity contribution < 1.29 is 18.3 Å². The monoisotopic (exact) mass is 373 g/mol. The highest BCUT2D eigenvalue weighted by molar-refractivity contribution is 7.92. The number of aliphatic carboxylic acids is 1. The molecule has 0 radical (unpaired) electrons. The Morgan fingerprint density at radius 3 is 2.22 bits per heavy atom. The SMILES string of the molecule is Cc1ccc(S(=O)(=O)N(CC(=O)O)c2ccc(Cl)c(Cl)c2)cc1. The number of rotatable bonds is 5. The number of aryl methyl sites for hydroxylation is 1. The van der Waals surface area contributed by atoms with E-state index in [1.54, 1.807) is 12.1 Å². The van der Waals surface area contributed by atoms with Crippen LogP contribution in [0.4, 0.5) is 5.69 Å². The number of sulfonamides is 1. The van der Waals surface area contributed by atoms with Crippen molar-refractivity contribution in [1.82, 2.24) is 0 Å². The molecule has 1 N–H and O–H groups in total. The van der Waals surface area contributed by atoms with E-state index in [1.165, 1.54) is 30.3 Å². The molecule has 0 heterocycles. The Morgan fingerprint density at radius 2 is 1.70 bits per heavy atom. The summed E-state index contributed by atoms with van der Waals surface area (Å²) in [7, 11) is -4.04. The minimum absolute atomic E-state index is 0.00424. The number of anilines is 1. The normalized spacial score (nSPS) is 11.3. The summed E-state index contributed by atoms with van der Waals surface area (Å²) in [5.41, 5.74) is 1.02. The van der Waals surface area contributed by atoms with Crippen molar-refractivity contribution in [2.45, 2.75) is 11.8 Å². The minimum atomic E-state index is -4.04. The lowest BCUT2D eigenvalue weighted by Gasteiger charge is -2.23. The average molecular weight is 374 g/mol. The van der Waals surface area contributed by atoms with E-state index in [1.807, 2.05) is 6.92 Å². The van der Waals surface area contributed by atoms with Crippen LogP contribution in [-0.2, 0) is 14.8 Å². The number of benzene rings is 2. The zero-order valence-corrected chi connectivity index (χ0v) is 14.4. The summed E-state index contributed by atoms with van der Waals surface area (Å²) in [4.78, 5) is 11.1. The van der Waals surface area contributed by atoms with Gasteiger partial charge in [0.2, 0.25) is 0 Å². The number of carboxylic acid groups (broad SMARTS) is 1. The van der Waals surface area contributed by atoms with Gasteiger partial charge in [-0.2, -0.15) is 0 Å². The number of hydrogen-bond acceptors (Lipinski definition) is 3. The first kappa shape index (κ1) is 17.6. The molecule has 23 heavy (non-hydrogen) atoms. The molecule has 2 aromatic carbocycles. The van der Waals surface area contributed by atoms with Gasteiger partial charge in [0.15, 0.2) is 0 Å². The third-order valence-electron chi connectivity index (χ3n) is 3.08. The molecule has 0 fully saturated rings. The van der Waals surface area contributed by atoms with Gasteiger partial charge in [-0.3, -0.25) is 9.10 Å². The fraction of sp³-hybridized carbons (Fsp3) is 0.133. The molecule has 0 aliphatic rings. The summed E-state index contributed by atoms with van der Waals surface area (Å²) in [5.74, 6) is -1.29. The van der Waals surface area contributed by atoms with E-state index in [0.717, 1.165) is 9.87 Å². The van der Waals surface area contributed by atoms with Crippen molar-refractivity contribution in [2.24, 2.45) is 0 Å². The molecule has 5 nitrogen and oxygen atoms in total. The molecule has 0 aliphatic carbocycles. The minimum Gasteiger partial charge on any atom is -0.480 e. The van der Waals surface area contributed by atoms with Crippen LogP contribution in [0, 0.1) is 6.92 Å². The van der Waals surface area contributed by atoms with Crippen LogP contribution in [-0.4, -0.2) is 26.0 Å². The zero-order chi connectivity index (χ0) is 17.2. The highest BCUT2D eigenvalue weighted by atomic mass is 35.5. The Morgan fingerprint density at radius 1 is 1.09 bits per heavy atom. The van der Waals surface area contributed by atoms with Gasteiger partial charge in [0.1, 0.15) is 6.54 Å². The number of carbonyl (C=O) groups is 1. The summed E-state index contributed by atoms with van der Waals surface area (Å²) in [5, 5.41) is 9.44. The van der Waals surface area contributed by atoms with Crippen LogP contribution in [0.1, 0.15) is 5.56 Å². The molecule has 0 bridgehead atoms. The molecule has 0 amide bonds. The summed E-state index contributed by atoms with van der Waals surface area (Å²) in [6.07, 6.45) is 0. The largest absolute Gasteiger partial charge is 0.480 e. The molecule has 0 aromatic heterocycles. The first-order valence-corrected chi connectivity index (χ1v) is 8.67. The lowest BCUT2D eigenvalue weighted by atomic mass is 10.2. The van der Waals surface area contributed by atoms with Gasteiger partial charge in [0.05, 0.1) is 20.6 Å². The Bertz CT molecular complexity index is 835. The molecule has 0 unspecified atom stereocenters. The second kappa shape index (κ2) is 6.78. The van der Waals surface area contributed by atoms with Gasteiger partial charge in [-0.1, -0.05) is 40.9 Å². The first-order valence-electron chi connectivity index (χ1n) is 6.48. The van der Waals surface area contributed by atoms with Crippen molar-refractivity contribution in [3.05, 3.63) is 58.1 Å². The molecule has 122 valence electrons. The summed E-state index contributed by atoms with van der Waals surface area (Å²) >= 11 is 11.7. The van der Waals surface area contributed by atoms with Crippen molar-refractivity contribution in [2.75, 3.05) is 10.8 Å². The fourth-order valence-electron chi connectivity index (χ4n) is 1.92. The van der Waals surface area contributed by atoms with Gasteiger partial charge < -0.3 is 5.11 Å². The van der Waals surface area contributed by atoms with Gasteiger partial charge in [0.25, 0.3) is 10.0 Å². The zero-order valence-electron chi connectivity index (χ0n) is 12.0.